The summed E-state index contributed by atoms with van der Waals surface area (Å²) in [6.07, 6.45) is 1.89. The molecule has 0 fully saturated rings. The molecule has 1 aromatic heterocycles. The molecule has 2 unspecified atom stereocenters. The molecule has 0 aliphatic rings. The third kappa shape index (κ3) is 4.25. The number of carbonyl (C=O) groups is 2. The Kier molecular flexibility index (Phi) is 4.87. The molecular formula is C11H18N4O4. The number of aromatic nitrogens is 2. The Balaban J connectivity index is 2.61. The molecule has 1 rings (SSSR count). The molecule has 106 valence electrons. The summed E-state index contributed by atoms with van der Waals surface area (Å²) in [5, 5.41) is 26.7. The molecular weight excluding hydrogens is 252 g/mol. The highest BCUT2D eigenvalue weighted by molar-refractivity contribution is 5.92. The van der Waals surface area contributed by atoms with Crippen LogP contribution >= 0.6 is 0 Å². The minimum atomic E-state index is -1.36. The number of carbonyl (C=O) groups excluding carboxylic acids is 1. The first-order chi connectivity index (χ1) is 8.81. The van der Waals surface area contributed by atoms with E-state index < -0.39 is 24.1 Å². The molecule has 8 heteroatoms. The fourth-order valence-corrected chi connectivity index (χ4v) is 1.38. The molecule has 1 aromatic rings. The molecule has 0 aliphatic heterocycles. The average molecular weight is 270 g/mol. The summed E-state index contributed by atoms with van der Waals surface area (Å²) in [7, 11) is 0. The minimum absolute atomic E-state index is 0.155. The van der Waals surface area contributed by atoms with Gasteiger partial charge in [-0.1, -0.05) is 0 Å². The number of amides is 2. The highest BCUT2D eigenvalue weighted by atomic mass is 16.4. The highest BCUT2D eigenvalue weighted by Crippen LogP contribution is 2.09. The Morgan fingerprint density at radius 2 is 2.00 bits per heavy atom. The number of aliphatic hydroxyl groups is 1. The summed E-state index contributed by atoms with van der Waals surface area (Å²) in [5.74, 6) is -1.30. The van der Waals surface area contributed by atoms with Gasteiger partial charge in [-0.25, -0.2) is 9.59 Å². The Bertz CT molecular complexity index is 455. The molecule has 8 nitrogen and oxygen atoms in total. The van der Waals surface area contributed by atoms with Crippen molar-refractivity contribution in [3.63, 3.8) is 0 Å². The molecule has 0 aromatic carbocycles. The maximum Gasteiger partial charge on any atom is 0.328 e. The molecule has 0 spiro atoms. The van der Waals surface area contributed by atoms with Gasteiger partial charge in [0.05, 0.1) is 18.0 Å². The number of aliphatic hydroxyl groups excluding tert-OH is 1. The van der Waals surface area contributed by atoms with Gasteiger partial charge in [0.1, 0.15) is 0 Å². The van der Waals surface area contributed by atoms with E-state index in [1.807, 2.05) is 13.8 Å². The van der Waals surface area contributed by atoms with Crippen molar-refractivity contribution in [3.8, 4) is 0 Å². The van der Waals surface area contributed by atoms with Gasteiger partial charge in [-0.3, -0.25) is 4.68 Å². The lowest BCUT2D eigenvalue weighted by molar-refractivity contribution is -0.141. The van der Waals surface area contributed by atoms with Gasteiger partial charge in [-0.2, -0.15) is 5.10 Å². The molecule has 0 aliphatic carbocycles. The predicted molar refractivity (Wildman–Crippen MR) is 67.9 cm³/mol. The van der Waals surface area contributed by atoms with E-state index in [4.69, 9.17) is 5.11 Å². The summed E-state index contributed by atoms with van der Waals surface area (Å²) in [6, 6.07) is -1.92. The van der Waals surface area contributed by atoms with Gasteiger partial charge in [0.15, 0.2) is 6.04 Å². The maximum absolute atomic E-state index is 11.6. The Hall–Kier alpha value is -2.09. The van der Waals surface area contributed by atoms with Crippen LogP contribution in [0.5, 0.6) is 0 Å². The lowest BCUT2D eigenvalue weighted by Gasteiger charge is -2.16. The smallest absolute Gasteiger partial charge is 0.328 e. The van der Waals surface area contributed by atoms with Gasteiger partial charge in [0, 0.05) is 12.2 Å². The van der Waals surface area contributed by atoms with Gasteiger partial charge in [0.2, 0.25) is 0 Å². The van der Waals surface area contributed by atoms with Crippen molar-refractivity contribution in [1.82, 2.24) is 15.1 Å². The van der Waals surface area contributed by atoms with E-state index in [2.05, 4.69) is 15.7 Å². The van der Waals surface area contributed by atoms with E-state index >= 15 is 0 Å². The number of carboxylic acid groups (broad SMARTS) is 1. The Labute approximate surface area is 110 Å². The summed E-state index contributed by atoms with van der Waals surface area (Å²) >= 11 is 0. The molecule has 4 N–H and O–H groups in total. The van der Waals surface area contributed by atoms with Crippen molar-refractivity contribution in [2.24, 2.45) is 0 Å². The van der Waals surface area contributed by atoms with Gasteiger partial charge < -0.3 is 20.8 Å². The van der Waals surface area contributed by atoms with Crippen molar-refractivity contribution in [1.29, 1.82) is 0 Å². The molecule has 19 heavy (non-hydrogen) atoms. The number of nitrogens with zero attached hydrogens (tertiary/aromatic N) is 2. The maximum atomic E-state index is 11.6. The zero-order chi connectivity index (χ0) is 14.6. The zero-order valence-electron chi connectivity index (χ0n) is 11.0. The van der Waals surface area contributed by atoms with Gasteiger partial charge in [-0.15, -0.1) is 0 Å². The lowest BCUT2D eigenvalue weighted by Crippen LogP contribution is -2.49. The first-order valence-corrected chi connectivity index (χ1v) is 5.83. The van der Waals surface area contributed by atoms with Crippen LogP contribution in [-0.2, 0) is 4.79 Å². The van der Waals surface area contributed by atoms with Crippen molar-refractivity contribution in [2.45, 2.75) is 39.0 Å². The van der Waals surface area contributed by atoms with Crippen molar-refractivity contribution in [2.75, 3.05) is 5.32 Å². The quantitative estimate of drug-likeness (QED) is 0.618. The van der Waals surface area contributed by atoms with Crippen LogP contribution in [-0.4, -0.2) is 44.1 Å². The Morgan fingerprint density at radius 3 is 2.42 bits per heavy atom. The van der Waals surface area contributed by atoms with Gasteiger partial charge in [-0.05, 0) is 20.8 Å². The lowest BCUT2D eigenvalue weighted by atomic mass is 10.2. The zero-order valence-corrected chi connectivity index (χ0v) is 11.0. The number of carboxylic acids is 1. The molecule has 1 heterocycles. The fraction of sp³-hybridized carbons (Fsp3) is 0.545. The van der Waals surface area contributed by atoms with Crippen molar-refractivity contribution >= 4 is 17.7 Å². The SMILES string of the molecule is CC(O)C(NC(=O)Nc1cnn(C(C)C)c1)C(=O)O. The van der Waals surface area contributed by atoms with Crippen LogP contribution < -0.4 is 10.6 Å². The van der Waals surface area contributed by atoms with Crippen LogP contribution in [0.1, 0.15) is 26.8 Å². The van der Waals surface area contributed by atoms with Crippen LogP contribution in [0.15, 0.2) is 12.4 Å². The molecule has 2 atom stereocenters. The number of rotatable bonds is 5. The second-order valence-electron chi connectivity index (χ2n) is 4.46. The number of hydrogen-bond acceptors (Lipinski definition) is 4. The molecule has 0 radical (unpaired) electrons. The van der Waals surface area contributed by atoms with E-state index in [-0.39, 0.29) is 6.04 Å². The van der Waals surface area contributed by atoms with Crippen LogP contribution in [0.4, 0.5) is 10.5 Å². The third-order valence-corrected chi connectivity index (χ3v) is 2.42. The highest BCUT2D eigenvalue weighted by Gasteiger charge is 2.25. The molecule has 0 saturated heterocycles. The number of hydrogen-bond donors (Lipinski definition) is 4. The summed E-state index contributed by atoms with van der Waals surface area (Å²) in [5.41, 5.74) is 0.445. The standard InChI is InChI=1S/C11H18N4O4/c1-6(2)15-5-8(4-12-15)13-11(19)14-9(7(3)16)10(17)18/h4-7,9,16H,1-3H3,(H,17,18)(H2,13,14,19). The van der Waals surface area contributed by atoms with Gasteiger partial charge in [0.25, 0.3) is 0 Å². The fourth-order valence-electron chi connectivity index (χ4n) is 1.38. The first kappa shape index (κ1) is 15.0. The van der Waals surface area contributed by atoms with Crippen LogP contribution in [0.3, 0.4) is 0 Å². The van der Waals surface area contributed by atoms with Gasteiger partial charge >= 0.3 is 12.0 Å². The normalized spacial score (nSPS) is 13.9. The van der Waals surface area contributed by atoms with Crippen LogP contribution in [0.2, 0.25) is 0 Å². The van der Waals surface area contributed by atoms with Crippen LogP contribution in [0.25, 0.3) is 0 Å². The second-order valence-corrected chi connectivity index (χ2v) is 4.46. The summed E-state index contributed by atoms with van der Waals surface area (Å²) < 4.78 is 1.65. The van der Waals surface area contributed by atoms with Crippen molar-refractivity contribution in [3.05, 3.63) is 12.4 Å². The number of urea groups is 1. The van der Waals surface area contributed by atoms with Crippen LogP contribution in [0, 0.1) is 0 Å². The second kappa shape index (κ2) is 6.19. The molecule has 2 amide bonds. The number of nitrogens with one attached hydrogen (secondary N) is 2. The number of aliphatic carboxylic acids is 1. The summed E-state index contributed by atoms with van der Waals surface area (Å²) in [6.45, 7) is 5.16. The minimum Gasteiger partial charge on any atom is -0.480 e. The van der Waals surface area contributed by atoms with E-state index in [9.17, 15) is 14.7 Å². The molecule has 0 bridgehead atoms. The topological polar surface area (TPSA) is 116 Å². The third-order valence-electron chi connectivity index (χ3n) is 2.42. The summed E-state index contributed by atoms with van der Waals surface area (Å²) in [4.78, 5) is 22.4. The van der Waals surface area contributed by atoms with E-state index in [0.717, 1.165) is 0 Å². The van der Waals surface area contributed by atoms with E-state index in [1.54, 1.807) is 10.9 Å². The Morgan fingerprint density at radius 1 is 1.37 bits per heavy atom. The first-order valence-electron chi connectivity index (χ1n) is 5.83. The van der Waals surface area contributed by atoms with Crippen molar-refractivity contribution < 1.29 is 19.8 Å². The average Bonchev–Trinajstić information content (AvgIpc) is 2.73. The largest absolute Gasteiger partial charge is 0.480 e. The monoisotopic (exact) mass is 270 g/mol. The number of anilines is 1. The predicted octanol–water partition coefficient (Wildman–Crippen LogP) is 0.419. The molecule has 0 saturated carbocycles. The van der Waals surface area contributed by atoms with E-state index in [1.165, 1.54) is 13.1 Å². The van der Waals surface area contributed by atoms with E-state index in [0.29, 0.717) is 5.69 Å².